The lowest BCUT2D eigenvalue weighted by molar-refractivity contribution is -0.146. The number of carboxylic acid groups (broad SMARTS) is 1. The van der Waals surface area contributed by atoms with Crippen molar-refractivity contribution < 1.29 is 14.7 Å². The van der Waals surface area contributed by atoms with Crippen LogP contribution in [0.2, 0.25) is 0 Å². The van der Waals surface area contributed by atoms with E-state index in [1.807, 2.05) is 0 Å². The van der Waals surface area contributed by atoms with Gasteiger partial charge >= 0.3 is 12.0 Å². The Hall–Kier alpha value is -1.30. The summed E-state index contributed by atoms with van der Waals surface area (Å²) in [5, 5.41) is 11.8. The summed E-state index contributed by atoms with van der Waals surface area (Å²) in [5.41, 5.74) is 0. The fourth-order valence-corrected chi connectivity index (χ4v) is 2.62. The van der Waals surface area contributed by atoms with Gasteiger partial charge in [-0.25, -0.2) is 4.79 Å². The van der Waals surface area contributed by atoms with Crippen LogP contribution in [-0.4, -0.2) is 66.2 Å². The van der Waals surface area contributed by atoms with Crippen LogP contribution in [0.25, 0.3) is 0 Å². The number of hydrogen-bond acceptors (Lipinski definition) is 3. The molecule has 2 amide bonds. The second-order valence-electron chi connectivity index (χ2n) is 5.52. The van der Waals surface area contributed by atoms with Crippen molar-refractivity contribution in [2.75, 3.05) is 33.2 Å². The van der Waals surface area contributed by atoms with E-state index in [0.29, 0.717) is 19.0 Å². The Morgan fingerprint density at radius 1 is 1.28 bits per heavy atom. The lowest BCUT2D eigenvalue weighted by Gasteiger charge is -2.40. The van der Waals surface area contributed by atoms with E-state index in [1.54, 1.807) is 4.90 Å². The van der Waals surface area contributed by atoms with Crippen LogP contribution < -0.4 is 5.32 Å². The molecule has 2 rings (SSSR count). The van der Waals surface area contributed by atoms with Gasteiger partial charge in [0, 0.05) is 25.7 Å². The zero-order valence-corrected chi connectivity index (χ0v) is 10.9. The van der Waals surface area contributed by atoms with Crippen LogP contribution in [0.3, 0.4) is 0 Å². The molecule has 2 unspecified atom stereocenters. The SMILES string of the molecule is CC1CN(C)CCC1NC(=O)N1CC(C(=O)O)C1. The minimum Gasteiger partial charge on any atom is -0.481 e. The molecule has 2 atom stereocenters. The summed E-state index contributed by atoms with van der Waals surface area (Å²) < 4.78 is 0. The van der Waals surface area contributed by atoms with E-state index < -0.39 is 5.97 Å². The van der Waals surface area contributed by atoms with Crippen LogP contribution in [0.5, 0.6) is 0 Å². The molecule has 2 saturated heterocycles. The number of likely N-dealkylation sites (tertiary alicyclic amines) is 2. The first-order chi connectivity index (χ1) is 8.47. The number of nitrogens with one attached hydrogen (secondary N) is 1. The Morgan fingerprint density at radius 2 is 1.94 bits per heavy atom. The average Bonchev–Trinajstić information content (AvgIpc) is 2.19. The van der Waals surface area contributed by atoms with Crippen LogP contribution in [-0.2, 0) is 4.79 Å². The van der Waals surface area contributed by atoms with Gasteiger partial charge in [0.15, 0.2) is 0 Å². The highest BCUT2D eigenvalue weighted by Gasteiger charge is 2.37. The molecule has 0 aromatic rings. The second-order valence-corrected chi connectivity index (χ2v) is 5.52. The lowest BCUT2D eigenvalue weighted by atomic mass is 9.94. The standard InChI is InChI=1S/C12H21N3O3/c1-8-5-14(2)4-3-10(8)13-12(18)15-6-9(7-15)11(16)17/h8-10H,3-7H2,1-2H3,(H,13,18)(H,16,17). The number of hydrogen-bond donors (Lipinski definition) is 2. The number of carbonyl (C=O) groups excluding carboxylic acids is 1. The summed E-state index contributed by atoms with van der Waals surface area (Å²) in [5.74, 6) is -0.762. The zero-order chi connectivity index (χ0) is 13.3. The lowest BCUT2D eigenvalue weighted by Crippen LogP contribution is -2.59. The van der Waals surface area contributed by atoms with Crippen molar-refractivity contribution in [3.05, 3.63) is 0 Å². The molecule has 2 aliphatic rings. The van der Waals surface area contributed by atoms with Crippen LogP contribution in [0.1, 0.15) is 13.3 Å². The van der Waals surface area contributed by atoms with Gasteiger partial charge in [-0.3, -0.25) is 4.79 Å². The molecule has 0 bridgehead atoms. The number of piperidine rings is 1. The van der Waals surface area contributed by atoms with Crippen LogP contribution in [0.15, 0.2) is 0 Å². The van der Waals surface area contributed by atoms with Gasteiger partial charge in [-0.05, 0) is 25.9 Å². The molecule has 2 aliphatic heterocycles. The van der Waals surface area contributed by atoms with Crippen LogP contribution in [0.4, 0.5) is 4.79 Å². The molecule has 0 aliphatic carbocycles. The maximum Gasteiger partial charge on any atom is 0.317 e. The van der Waals surface area contributed by atoms with Gasteiger partial charge in [-0.2, -0.15) is 0 Å². The Balaban J connectivity index is 1.77. The van der Waals surface area contributed by atoms with Gasteiger partial charge < -0.3 is 20.2 Å². The van der Waals surface area contributed by atoms with E-state index in [-0.39, 0.29) is 18.0 Å². The molecule has 2 heterocycles. The molecule has 2 N–H and O–H groups in total. The summed E-state index contributed by atoms with van der Waals surface area (Å²) in [4.78, 5) is 26.4. The molecule has 0 radical (unpaired) electrons. The van der Waals surface area contributed by atoms with E-state index in [9.17, 15) is 9.59 Å². The van der Waals surface area contributed by atoms with E-state index in [0.717, 1.165) is 19.5 Å². The van der Waals surface area contributed by atoms with Gasteiger partial charge in [0.1, 0.15) is 0 Å². The van der Waals surface area contributed by atoms with Crippen molar-refractivity contribution in [3.63, 3.8) is 0 Å². The normalized spacial score (nSPS) is 29.8. The van der Waals surface area contributed by atoms with Gasteiger partial charge in [0.05, 0.1) is 5.92 Å². The first-order valence-corrected chi connectivity index (χ1v) is 6.44. The Morgan fingerprint density at radius 3 is 2.50 bits per heavy atom. The summed E-state index contributed by atoms with van der Waals surface area (Å²) in [6.07, 6.45) is 0.958. The molecule has 0 saturated carbocycles. The quantitative estimate of drug-likeness (QED) is 0.731. The topological polar surface area (TPSA) is 72.9 Å². The van der Waals surface area contributed by atoms with E-state index >= 15 is 0 Å². The van der Waals surface area contributed by atoms with Crippen molar-refractivity contribution in [1.82, 2.24) is 15.1 Å². The summed E-state index contributed by atoms with van der Waals surface area (Å²) >= 11 is 0. The van der Waals surface area contributed by atoms with Crippen molar-refractivity contribution in [1.29, 1.82) is 0 Å². The molecule has 18 heavy (non-hydrogen) atoms. The monoisotopic (exact) mass is 255 g/mol. The fraction of sp³-hybridized carbons (Fsp3) is 0.833. The van der Waals surface area contributed by atoms with Crippen LogP contribution >= 0.6 is 0 Å². The van der Waals surface area contributed by atoms with Crippen LogP contribution in [0, 0.1) is 11.8 Å². The predicted octanol–water partition coefficient (Wildman–Crippen LogP) is 0.0526. The number of urea groups is 1. The molecular formula is C12H21N3O3. The molecule has 6 heteroatoms. The number of aliphatic carboxylic acids is 1. The third-order valence-electron chi connectivity index (χ3n) is 3.94. The highest BCUT2D eigenvalue weighted by Crippen LogP contribution is 2.19. The van der Waals surface area contributed by atoms with Crippen molar-refractivity contribution in [3.8, 4) is 0 Å². The first kappa shape index (κ1) is 13.1. The molecular weight excluding hydrogens is 234 g/mol. The Bertz CT molecular complexity index is 341. The summed E-state index contributed by atoms with van der Waals surface area (Å²) in [6, 6.07) is 0.0893. The maximum absolute atomic E-state index is 11.9. The summed E-state index contributed by atoms with van der Waals surface area (Å²) in [7, 11) is 2.08. The first-order valence-electron chi connectivity index (χ1n) is 6.44. The zero-order valence-electron chi connectivity index (χ0n) is 10.9. The highest BCUT2D eigenvalue weighted by molar-refractivity contribution is 5.79. The molecule has 2 fully saturated rings. The Labute approximate surface area is 107 Å². The molecule has 0 aromatic heterocycles. The molecule has 0 aromatic carbocycles. The molecule has 102 valence electrons. The second kappa shape index (κ2) is 5.14. The molecule has 0 spiro atoms. The van der Waals surface area contributed by atoms with E-state index in [1.165, 1.54) is 0 Å². The minimum absolute atomic E-state index is 0.117. The molecule has 6 nitrogen and oxygen atoms in total. The number of rotatable bonds is 2. The fourth-order valence-electron chi connectivity index (χ4n) is 2.62. The van der Waals surface area contributed by atoms with Gasteiger partial charge in [0.2, 0.25) is 0 Å². The number of amides is 2. The smallest absolute Gasteiger partial charge is 0.317 e. The third kappa shape index (κ3) is 2.75. The van der Waals surface area contributed by atoms with E-state index in [2.05, 4.69) is 24.2 Å². The van der Waals surface area contributed by atoms with Gasteiger partial charge in [-0.1, -0.05) is 6.92 Å². The third-order valence-corrected chi connectivity index (χ3v) is 3.94. The summed E-state index contributed by atoms with van der Waals surface area (Å²) in [6.45, 7) is 4.79. The number of carbonyl (C=O) groups is 2. The van der Waals surface area contributed by atoms with Gasteiger partial charge in [0.25, 0.3) is 0 Å². The maximum atomic E-state index is 11.9. The van der Waals surface area contributed by atoms with E-state index in [4.69, 9.17) is 5.11 Å². The van der Waals surface area contributed by atoms with Crippen molar-refractivity contribution in [2.24, 2.45) is 11.8 Å². The number of nitrogens with zero attached hydrogens (tertiary/aromatic N) is 2. The van der Waals surface area contributed by atoms with Gasteiger partial charge in [-0.15, -0.1) is 0 Å². The predicted molar refractivity (Wildman–Crippen MR) is 66.3 cm³/mol. The van der Waals surface area contributed by atoms with Crippen molar-refractivity contribution >= 4 is 12.0 Å². The number of carboxylic acids is 1. The minimum atomic E-state index is -0.813. The largest absolute Gasteiger partial charge is 0.481 e. The average molecular weight is 255 g/mol. The Kier molecular flexibility index (Phi) is 3.75. The highest BCUT2D eigenvalue weighted by atomic mass is 16.4. The van der Waals surface area contributed by atoms with Crippen molar-refractivity contribution in [2.45, 2.75) is 19.4 Å².